The molecule has 2 atom stereocenters. The van der Waals surface area contributed by atoms with Crippen LogP contribution in [0, 0.1) is 5.92 Å². The molecule has 2 unspecified atom stereocenters. The van der Waals surface area contributed by atoms with Crippen LogP contribution in [0.4, 0.5) is 0 Å². The van der Waals surface area contributed by atoms with Gasteiger partial charge < -0.3 is 24.8 Å². The van der Waals surface area contributed by atoms with E-state index < -0.39 is 0 Å². The van der Waals surface area contributed by atoms with Crippen LogP contribution in [-0.2, 0) is 0 Å². The van der Waals surface area contributed by atoms with Crippen molar-refractivity contribution >= 4 is 5.91 Å². The smallest absolute Gasteiger partial charge is 0.257 e. The van der Waals surface area contributed by atoms with Crippen LogP contribution in [0.15, 0.2) is 12.1 Å². The molecule has 1 heterocycles. The van der Waals surface area contributed by atoms with Crippen LogP contribution < -0.4 is 19.9 Å². The van der Waals surface area contributed by atoms with E-state index in [2.05, 4.69) is 6.92 Å². The number of ether oxygens (including phenoxy) is 3. The molecule has 1 amide bonds. The Morgan fingerprint density at radius 1 is 1.18 bits per heavy atom. The first kappa shape index (κ1) is 16.4. The predicted octanol–water partition coefficient (Wildman–Crippen LogP) is 1.52. The van der Waals surface area contributed by atoms with E-state index in [1.165, 1.54) is 14.2 Å². The van der Waals surface area contributed by atoms with E-state index in [4.69, 9.17) is 19.9 Å². The van der Waals surface area contributed by atoms with Crippen LogP contribution in [0.1, 0.15) is 23.7 Å². The van der Waals surface area contributed by atoms with Gasteiger partial charge in [-0.3, -0.25) is 4.79 Å². The molecule has 2 N–H and O–H groups in total. The summed E-state index contributed by atoms with van der Waals surface area (Å²) in [6.07, 6.45) is 0.808. The van der Waals surface area contributed by atoms with Crippen LogP contribution in [0.25, 0.3) is 0 Å². The van der Waals surface area contributed by atoms with E-state index in [1.807, 2.05) is 4.90 Å². The molecule has 1 aliphatic heterocycles. The third kappa shape index (κ3) is 2.97. The second-order valence-corrected chi connectivity index (χ2v) is 5.56. The van der Waals surface area contributed by atoms with Crippen LogP contribution in [-0.4, -0.2) is 51.3 Å². The van der Waals surface area contributed by atoms with Crippen LogP contribution in [0.3, 0.4) is 0 Å². The maximum atomic E-state index is 12.8. The lowest BCUT2D eigenvalue weighted by atomic mass is 9.94. The van der Waals surface area contributed by atoms with Gasteiger partial charge in [0.15, 0.2) is 11.5 Å². The summed E-state index contributed by atoms with van der Waals surface area (Å²) < 4.78 is 16.0. The number of rotatable bonds is 4. The molecule has 0 aliphatic carbocycles. The molecule has 0 radical (unpaired) electrons. The summed E-state index contributed by atoms with van der Waals surface area (Å²) >= 11 is 0. The quantitative estimate of drug-likeness (QED) is 0.913. The highest BCUT2D eigenvalue weighted by molar-refractivity contribution is 5.98. The molecule has 22 heavy (non-hydrogen) atoms. The van der Waals surface area contributed by atoms with Crippen LogP contribution in [0.2, 0.25) is 0 Å². The van der Waals surface area contributed by atoms with E-state index in [1.54, 1.807) is 19.2 Å². The van der Waals surface area contributed by atoms with Gasteiger partial charge in [-0.2, -0.15) is 0 Å². The van der Waals surface area contributed by atoms with E-state index in [-0.39, 0.29) is 17.9 Å². The predicted molar refractivity (Wildman–Crippen MR) is 83.8 cm³/mol. The molecule has 1 aromatic rings. The number of carbonyl (C=O) groups excluding carboxylic acids is 1. The zero-order valence-corrected chi connectivity index (χ0v) is 13.6. The van der Waals surface area contributed by atoms with Gasteiger partial charge in [0.2, 0.25) is 5.75 Å². The molecule has 1 saturated heterocycles. The Hall–Kier alpha value is -1.95. The first-order valence-corrected chi connectivity index (χ1v) is 7.37. The third-order valence-corrected chi connectivity index (χ3v) is 4.19. The average Bonchev–Trinajstić information content (AvgIpc) is 2.54. The molecular weight excluding hydrogens is 284 g/mol. The highest BCUT2D eigenvalue weighted by Gasteiger charge is 2.30. The molecule has 2 rings (SSSR count). The van der Waals surface area contributed by atoms with Gasteiger partial charge >= 0.3 is 0 Å². The summed E-state index contributed by atoms with van der Waals surface area (Å²) in [6.45, 7) is 3.37. The van der Waals surface area contributed by atoms with Crippen molar-refractivity contribution in [1.29, 1.82) is 0 Å². The van der Waals surface area contributed by atoms with Gasteiger partial charge in [-0.15, -0.1) is 0 Å². The molecule has 122 valence electrons. The number of hydrogen-bond acceptors (Lipinski definition) is 5. The SMILES string of the molecule is COc1ccc(C(=O)N2CCC(N)C(C)C2)c(OC)c1OC. The van der Waals surface area contributed by atoms with Crippen molar-refractivity contribution < 1.29 is 19.0 Å². The van der Waals surface area contributed by atoms with Gasteiger partial charge in [-0.25, -0.2) is 0 Å². The maximum Gasteiger partial charge on any atom is 0.257 e. The fourth-order valence-corrected chi connectivity index (χ4v) is 2.79. The highest BCUT2D eigenvalue weighted by Crippen LogP contribution is 2.40. The van der Waals surface area contributed by atoms with E-state index in [0.717, 1.165) is 6.42 Å². The minimum absolute atomic E-state index is 0.0726. The van der Waals surface area contributed by atoms with Gasteiger partial charge in [0.1, 0.15) is 0 Å². The minimum atomic E-state index is -0.0726. The molecule has 0 spiro atoms. The first-order valence-electron chi connectivity index (χ1n) is 7.37. The van der Waals surface area contributed by atoms with E-state index in [0.29, 0.717) is 35.9 Å². The number of likely N-dealkylation sites (tertiary alicyclic amines) is 1. The Morgan fingerprint density at radius 3 is 2.41 bits per heavy atom. The van der Waals surface area contributed by atoms with Crippen molar-refractivity contribution in [3.05, 3.63) is 17.7 Å². The normalized spacial score (nSPS) is 21.4. The molecule has 0 bridgehead atoms. The molecule has 0 aromatic heterocycles. The fraction of sp³-hybridized carbons (Fsp3) is 0.562. The monoisotopic (exact) mass is 308 g/mol. The Kier molecular flexibility index (Phi) is 5.13. The van der Waals surface area contributed by atoms with Gasteiger partial charge in [-0.1, -0.05) is 6.92 Å². The number of carbonyl (C=O) groups is 1. The Labute approximate surface area is 131 Å². The molecule has 1 aromatic carbocycles. The number of amides is 1. The second kappa shape index (κ2) is 6.87. The number of nitrogens with zero attached hydrogens (tertiary/aromatic N) is 1. The summed E-state index contributed by atoms with van der Waals surface area (Å²) in [7, 11) is 4.59. The van der Waals surface area contributed by atoms with E-state index >= 15 is 0 Å². The zero-order valence-electron chi connectivity index (χ0n) is 13.6. The van der Waals surface area contributed by atoms with Crippen molar-refractivity contribution in [2.24, 2.45) is 11.7 Å². The summed E-state index contributed by atoms with van der Waals surface area (Å²) in [5, 5.41) is 0. The molecular formula is C16H24N2O4. The summed E-state index contributed by atoms with van der Waals surface area (Å²) in [5.74, 6) is 1.57. The zero-order chi connectivity index (χ0) is 16.3. The van der Waals surface area contributed by atoms with Crippen molar-refractivity contribution in [1.82, 2.24) is 4.90 Å². The summed E-state index contributed by atoms with van der Waals surface area (Å²) in [5.41, 5.74) is 6.49. The summed E-state index contributed by atoms with van der Waals surface area (Å²) in [6, 6.07) is 3.58. The van der Waals surface area contributed by atoms with Crippen molar-refractivity contribution in [3.8, 4) is 17.2 Å². The standard InChI is InChI=1S/C16H24N2O4/c1-10-9-18(8-7-12(10)17)16(19)11-5-6-13(20-2)15(22-4)14(11)21-3/h5-6,10,12H,7-9,17H2,1-4H3. The van der Waals surface area contributed by atoms with Gasteiger partial charge in [0.05, 0.1) is 26.9 Å². The molecule has 0 saturated carbocycles. The minimum Gasteiger partial charge on any atom is -0.493 e. The highest BCUT2D eigenvalue weighted by atomic mass is 16.5. The number of piperidine rings is 1. The van der Waals surface area contributed by atoms with Crippen LogP contribution >= 0.6 is 0 Å². The topological polar surface area (TPSA) is 74.0 Å². The molecule has 6 heteroatoms. The molecule has 1 fully saturated rings. The summed E-state index contributed by atoms with van der Waals surface area (Å²) in [4.78, 5) is 14.6. The third-order valence-electron chi connectivity index (χ3n) is 4.19. The average molecular weight is 308 g/mol. The maximum absolute atomic E-state index is 12.8. The number of nitrogens with two attached hydrogens (primary N) is 1. The Morgan fingerprint density at radius 2 is 1.86 bits per heavy atom. The van der Waals surface area contributed by atoms with Gasteiger partial charge in [0, 0.05) is 19.1 Å². The van der Waals surface area contributed by atoms with Gasteiger partial charge in [-0.05, 0) is 24.5 Å². The Balaban J connectivity index is 2.33. The second-order valence-electron chi connectivity index (χ2n) is 5.56. The number of benzene rings is 1. The van der Waals surface area contributed by atoms with Gasteiger partial charge in [0.25, 0.3) is 5.91 Å². The van der Waals surface area contributed by atoms with Crippen molar-refractivity contribution in [3.63, 3.8) is 0 Å². The fourth-order valence-electron chi connectivity index (χ4n) is 2.79. The van der Waals surface area contributed by atoms with Crippen molar-refractivity contribution in [2.45, 2.75) is 19.4 Å². The molecule has 6 nitrogen and oxygen atoms in total. The number of hydrogen-bond donors (Lipinski definition) is 1. The van der Waals surface area contributed by atoms with E-state index in [9.17, 15) is 4.79 Å². The first-order chi connectivity index (χ1) is 10.5. The van der Waals surface area contributed by atoms with Crippen molar-refractivity contribution in [2.75, 3.05) is 34.4 Å². The van der Waals surface area contributed by atoms with Crippen LogP contribution in [0.5, 0.6) is 17.2 Å². The lowest BCUT2D eigenvalue weighted by molar-refractivity contribution is 0.0660. The lowest BCUT2D eigenvalue weighted by Crippen LogP contribution is -2.48. The molecule has 1 aliphatic rings. The largest absolute Gasteiger partial charge is 0.493 e. The Bertz CT molecular complexity index is 547. The lowest BCUT2D eigenvalue weighted by Gasteiger charge is -2.35. The number of methoxy groups -OCH3 is 3.